The van der Waals surface area contributed by atoms with Gasteiger partial charge >= 0.3 is 0 Å². The van der Waals surface area contributed by atoms with Crippen molar-refractivity contribution in [1.82, 2.24) is 15.0 Å². The monoisotopic (exact) mass is 708 g/mol. The predicted octanol–water partition coefficient (Wildman–Crippen LogP) is 12.1. The number of nitriles is 1. The smallest absolute Gasteiger partial charge is 0.164 e. The fourth-order valence-corrected chi connectivity index (χ4v) is 11.4. The summed E-state index contributed by atoms with van der Waals surface area (Å²) in [5.41, 5.74) is 15.6. The van der Waals surface area contributed by atoms with E-state index in [9.17, 15) is 5.26 Å². The number of aryl methyl sites for hydroxylation is 1. The molecule has 4 nitrogen and oxygen atoms in total. The fraction of sp³-hybridized carbons (Fsp3) is 0.216. The van der Waals surface area contributed by atoms with E-state index < -0.39 is 0 Å². The highest BCUT2D eigenvalue weighted by molar-refractivity contribution is 5.91. The molecule has 4 heteroatoms. The van der Waals surface area contributed by atoms with Crippen LogP contribution in [0.4, 0.5) is 0 Å². The Morgan fingerprint density at radius 1 is 0.491 bits per heavy atom. The Kier molecular flexibility index (Phi) is 7.29. The molecule has 1 heterocycles. The van der Waals surface area contributed by atoms with E-state index in [-0.39, 0.29) is 5.41 Å². The van der Waals surface area contributed by atoms with Crippen LogP contribution in [-0.2, 0) is 5.41 Å². The summed E-state index contributed by atoms with van der Waals surface area (Å²) in [4.78, 5) is 15.1. The van der Waals surface area contributed by atoms with Crippen LogP contribution in [0.3, 0.4) is 0 Å². The Hall–Kier alpha value is -6.18. The zero-order valence-electron chi connectivity index (χ0n) is 30.9. The first-order chi connectivity index (χ1) is 27.0. The first-order valence-corrected chi connectivity index (χ1v) is 19.8. The molecule has 5 aliphatic carbocycles. The lowest BCUT2D eigenvalue weighted by molar-refractivity contribution is -0.0397. The number of rotatable bonds is 5. The number of hydrogen-bond acceptors (Lipinski definition) is 4. The maximum atomic E-state index is 9.59. The van der Waals surface area contributed by atoms with Gasteiger partial charge in [-0.3, -0.25) is 0 Å². The normalized spacial score (nSPS) is 22.7. The summed E-state index contributed by atoms with van der Waals surface area (Å²) < 4.78 is 0. The number of fused-ring (bicyclic) bond motifs is 3. The van der Waals surface area contributed by atoms with Gasteiger partial charge in [0.1, 0.15) is 0 Å². The Morgan fingerprint density at radius 3 is 1.67 bits per heavy atom. The maximum Gasteiger partial charge on any atom is 0.164 e. The summed E-state index contributed by atoms with van der Waals surface area (Å²) in [6, 6.07) is 52.1. The first kappa shape index (κ1) is 32.3. The Morgan fingerprint density at radius 2 is 1.05 bits per heavy atom. The van der Waals surface area contributed by atoms with Gasteiger partial charge in [-0.25, -0.2) is 15.0 Å². The van der Waals surface area contributed by atoms with Crippen LogP contribution in [0.15, 0.2) is 140 Å². The summed E-state index contributed by atoms with van der Waals surface area (Å²) >= 11 is 0. The van der Waals surface area contributed by atoms with Crippen LogP contribution >= 0.6 is 0 Å². The van der Waals surface area contributed by atoms with E-state index in [0.29, 0.717) is 34.9 Å². The minimum Gasteiger partial charge on any atom is -0.208 e. The van der Waals surface area contributed by atoms with Crippen LogP contribution in [0.25, 0.3) is 67.5 Å². The van der Waals surface area contributed by atoms with Crippen molar-refractivity contribution < 1.29 is 0 Å². The average Bonchev–Trinajstić information content (AvgIpc) is 3.53. The molecule has 0 unspecified atom stereocenters. The molecule has 12 rings (SSSR count). The van der Waals surface area contributed by atoms with Crippen molar-refractivity contribution in [3.8, 4) is 73.6 Å². The summed E-state index contributed by atoms with van der Waals surface area (Å²) in [5.74, 6) is 4.98. The molecule has 0 aliphatic heterocycles. The second-order valence-corrected chi connectivity index (χ2v) is 16.5. The van der Waals surface area contributed by atoms with Crippen molar-refractivity contribution >= 4 is 0 Å². The molecule has 55 heavy (non-hydrogen) atoms. The molecule has 0 saturated heterocycles. The number of benzene rings is 6. The van der Waals surface area contributed by atoms with Gasteiger partial charge in [-0.05, 0) is 143 Å². The van der Waals surface area contributed by atoms with Crippen molar-refractivity contribution in [2.45, 2.75) is 44.4 Å². The molecule has 0 atom stereocenters. The quantitative estimate of drug-likeness (QED) is 0.179. The summed E-state index contributed by atoms with van der Waals surface area (Å²) in [6.07, 6.45) is 6.69. The van der Waals surface area contributed by atoms with Crippen LogP contribution in [0.2, 0.25) is 0 Å². The Bertz CT molecular complexity index is 2590. The van der Waals surface area contributed by atoms with Gasteiger partial charge in [-0.15, -0.1) is 0 Å². The maximum absolute atomic E-state index is 9.59. The lowest BCUT2D eigenvalue weighted by Gasteiger charge is -2.61. The van der Waals surface area contributed by atoms with Gasteiger partial charge in [0.25, 0.3) is 0 Å². The van der Waals surface area contributed by atoms with Crippen molar-refractivity contribution in [1.29, 1.82) is 5.26 Å². The van der Waals surface area contributed by atoms with Crippen LogP contribution in [0, 0.1) is 41.9 Å². The van der Waals surface area contributed by atoms with E-state index in [1.165, 1.54) is 82.2 Å². The zero-order valence-corrected chi connectivity index (χ0v) is 30.9. The molecule has 1 spiro atoms. The lowest BCUT2D eigenvalue weighted by Crippen LogP contribution is -2.55. The van der Waals surface area contributed by atoms with Crippen LogP contribution in [0.5, 0.6) is 0 Å². The van der Waals surface area contributed by atoms with Gasteiger partial charge in [0.15, 0.2) is 17.5 Å². The van der Waals surface area contributed by atoms with Crippen LogP contribution in [0.1, 0.15) is 54.4 Å². The molecule has 4 bridgehead atoms. The molecule has 4 fully saturated rings. The predicted molar refractivity (Wildman–Crippen MR) is 220 cm³/mol. The molecule has 0 amide bonds. The van der Waals surface area contributed by atoms with Crippen molar-refractivity contribution in [3.63, 3.8) is 0 Å². The van der Waals surface area contributed by atoms with Crippen molar-refractivity contribution in [2.75, 3.05) is 0 Å². The van der Waals surface area contributed by atoms with Gasteiger partial charge in [0.2, 0.25) is 0 Å². The van der Waals surface area contributed by atoms with E-state index in [2.05, 4.69) is 104 Å². The molecule has 1 aromatic heterocycles. The number of hydrogen-bond donors (Lipinski definition) is 0. The molecule has 264 valence electrons. The standard InChI is InChI=1S/C51H40N4/c1-31-21-39(28-40(22-31)50-54-48(36-9-4-2-5-10-36)53-49(55-50)37-11-6-3-7-12-37)38-19-20-44-45-14-8-13-43(35-17-15-32(30-52)16-18-35)47(45)51(46(44)29-38)41-24-33-23-34(26-41)27-42(51)25-33/h2-22,28-29,33-34,41-42H,23-27H2,1H3. The molecule has 4 saturated carbocycles. The first-order valence-electron chi connectivity index (χ1n) is 19.8. The number of nitrogens with zero attached hydrogens (tertiary/aromatic N) is 4. The SMILES string of the molecule is Cc1cc(-c2ccc3c(c2)C2(c4c(-c5ccc(C#N)cc5)cccc4-3)C3CC4CC(C3)CC2C4)cc(-c2nc(-c3ccccc3)nc(-c3ccccc3)n2)c1. The zero-order chi connectivity index (χ0) is 36.7. The van der Waals surface area contributed by atoms with E-state index in [4.69, 9.17) is 15.0 Å². The van der Waals surface area contributed by atoms with E-state index in [1.54, 1.807) is 0 Å². The molecule has 5 aliphatic rings. The molecule has 0 N–H and O–H groups in total. The molecular formula is C51H40N4. The van der Waals surface area contributed by atoms with E-state index in [1.807, 2.05) is 48.5 Å². The molecule has 7 aromatic rings. The number of aromatic nitrogens is 3. The minimum absolute atomic E-state index is 0.0192. The van der Waals surface area contributed by atoms with Gasteiger partial charge in [0.05, 0.1) is 11.6 Å². The topological polar surface area (TPSA) is 62.5 Å². The Balaban J connectivity index is 1.08. The minimum atomic E-state index is -0.0192. The third kappa shape index (κ3) is 5.06. The van der Waals surface area contributed by atoms with Crippen molar-refractivity contribution in [3.05, 3.63) is 162 Å². The molecule has 6 aromatic carbocycles. The highest BCUT2D eigenvalue weighted by Crippen LogP contribution is 2.70. The summed E-state index contributed by atoms with van der Waals surface area (Å²) in [7, 11) is 0. The van der Waals surface area contributed by atoms with Crippen LogP contribution in [-0.4, -0.2) is 15.0 Å². The lowest BCUT2D eigenvalue weighted by atomic mass is 9.42. The van der Waals surface area contributed by atoms with Gasteiger partial charge in [0, 0.05) is 22.1 Å². The third-order valence-electron chi connectivity index (χ3n) is 13.4. The largest absolute Gasteiger partial charge is 0.208 e. The third-order valence-corrected chi connectivity index (χ3v) is 13.4. The second-order valence-electron chi connectivity index (χ2n) is 16.5. The highest BCUT2D eigenvalue weighted by atomic mass is 15.0. The Labute approximate surface area is 322 Å². The average molecular weight is 709 g/mol. The summed E-state index contributed by atoms with van der Waals surface area (Å²) in [6.45, 7) is 2.18. The van der Waals surface area contributed by atoms with E-state index >= 15 is 0 Å². The van der Waals surface area contributed by atoms with Crippen molar-refractivity contribution in [2.24, 2.45) is 23.7 Å². The van der Waals surface area contributed by atoms with E-state index in [0.717, 1.165) is 28.5 Å². The second kappa shape index (κ2) is 12.4. The van der Waals surface area contributed by atoms with Gasteiger partial charge in [-0.2, -0.15) is 5.26 Å². The highest BCUT2D eigenvalue weighted by Gasteiger charge is 2.62. The molecular weight excluding hydrogens is 669 g/mol. The summed E-state index contributed by atoms with van der Waals surface area (Å²) in [5, 5.41) is 9.59. The van der Waals surface area contributed by atoms with Gasteiger partial charge in [-0.1, -0.05) is 109 Å². The molecule has 0 radical (unpaired) electrons. The van der Waals surface area contributed by atoms with Gasteiger partial charge < -0.3 is 0 Å². The van der Waals surface area contributed by atoms with Crippen LogP contribution < -0.4 is 0 Å². The fourth-order valence-electron chi connectivity index (χ4n) is 11.4.